The smallest absolute Gasteiger partial charge is 0.320 e. The maximum absolute atomic E-state index is 12.0. The van der Waals surface area contributed by atoms with E-state index >= 15 is 0 Å². The Kier molecular flexibility index (Phi) is 4.39. The minimum Gasteiger partial charge on any atom is -0.480 e. The van der Waals surface area contributed by atoms with Gasteiger partial charge in [-0.1, -0.05) is 29.8 Å². The standard InChI is InChI=1S/C15H20N2O3/c1-10-3-5-11(6-4-10)7-14(18)16-12-8-13(15(19)20)17(2)9-12/h3-6,12-13H,7-9H2,1-2H3,(H,16,18)(H,19,20)/t12-,13-/m0/s1. The number of carbonyl (C=O) groups excluding carboxylic acids is 1. The Bertz CT molecular complexity index is 498. The Balaban J connectivity index is 1.86. The third-order valence-electron chi connectivity index (χ3n) is 3.68. The molecule has 0 saturated carbocycles. The first kappa shape index (κ1) is 14.5. The molecule has 1 heterocycles. The normalized spacial score (nSPS) is 22.7. The van der Waals surface area contributed by atoms with Crippen LogP contribution in [0.4, 0.5) is 0 Å². The molecule has 108 valence electrons. The van der Waals surface area contributed by atoms with Gasteiger partial charge >= 0.3 is 5.97 Å². The number of aryl methyl sites for hydroxylation is 1. The summed E-state index contributed by atoms with van der Waals surface area (Å²) in [5.41, 5.74) is 2.13. The molecule has 0 aliphatic carbocycles. The molecule has 20 heavy (non-hydrogen) atoms. The molecule has 5 heteroatoms. The summed E-state index contributed by atoms with van der Waals surface area (Å²) >= 11 is 0. The number of nitrogens with one attached hydrogen (secondary N) is 1. The summed E-state index contributed by atoms with van der Waals surface area (Å²) in [5, 5.41) is 12.0. The van der Waals surface area contributed by atoms with Gasteiger partial charge in [0.15, 0.2) is 0 Å². The zero-order valence-electron chi connectivity index (χ0n) is 11.8. The van der Waals surface area contributed by atoms with Gasteiger partial charge in [-0.15, -0.1) is 0 Å². The molecule has 0 spiro atoms. The summed E-state index contributed by atoms with van der Waals surface area (Å²) in [6, 6.07) is 7.25. The van der Waals surface area contributed by atoms with E-state index in [1.54, 1.807) is 11.9 Å². The predicted molar refractivity (Wildman–Crippen MR) is 75.5 cm³/mol. The summed E-state index contributed by atoms with van der Waals surface area (Å²) in [4.78, 5) is 24.7. The number of nitrogens with zero attached hydrogens (tertiary/aromatic N) is 1. The van der Waals surface area contributed by atoms with Crippen LogP contribution in [0, 0.1) is 6.92 Å². The second-order valence-corrected chi connectivity index (χ2v) is 5.46. The van der Waals surface area contributed by atoms with Crippen molar-refractivity contribution in [1.82, 2.24) is 10.2 Å². The Morgan fingerprint density at radius 1 is 1.35 bits per heavy atom. The molecule has 1 fully saturated rings. The summed E-state index contributed by atoms with van der Waals surface area (Å²) in [5.74, 6) is -0.888. The van der Waals surface area contributed by atoms with Gasteiger partial charge in [0.1, 0.15) is 6.04 Å². The molecule has 1 aromatic carbocycles. The number of aliphatic carboxylic acids is 1. The Morgan fingerprint density at radius 2 is 2.00 bits per heavy atom. The first-order valence-electron chi connectivity index (χ1n) is 6.73. The van der Waals surface area contributed by atoms with E-state index in [0.29, 0.717) is 19.4 Å². The van der Waals surface area contributed by atoms with Crippen LogP contribution in [-0.4, -0.2) is 47.6 Å². The van der Waals surface area contributed by atoms with E-state index < -0.39 is 12.0 Å². The van der Waals surface area contributed by atoms with Gasteiger partial charge in [-0.2, -0.15) is 0 Å². The molecule has 1 saturated heterocycles. The van der Waals surface area contributed by atoms with Gasteiger partial charge in [0.2, 0.25) is 5.91 Å². The summed E-state index contributed by atoms with van der Waals surface area (Å²) in [7, 11) is 1.77. The van der Waals surface area contributed by atoms with Crippen LogP contribution in [-0.2, 0) is 16.0 Å². The van der Waals surface area contributed by atoms with Crippen molar-refractivity contribution in [2.75, 3.05) is 13.6 Å². The number of amides is 1. The van der Waals surface area contributed by atoms with E-state index in [1.807, 2.05) is 31.2 Å². The average molecular weight is 276 g/mol. The number of carbonyl (C=O) groups is 2. The van der Waals surface area contributed by atoms with Crippen molar-refractivity contribution in [1.29, 1.82) is 0 Å². The lowest BCUT2D eigenvalue weighted by molar-refractivity contribution is -0.141. The second kappa shape index (κ2) is 6.05. The molecule has 2 N–H and O–H groups in total. The van der Waals surface area contributed by atoms with Gasteiger partial charge in [0.05, 0.1) is 6.42 Å². The van der Waals surface area contributed by atoms with E-state index in [0.717, 1.165) is 11.1 Å². The molecule has 5 nitrogen and oxygen atoms in total. The van der Waals surface area contributed by atoms with Crippen LogP contribution in [0.15, 0.2) is 24.3 Å². The molecule has 1 aliphatic rings. The minimum atomic E-state index is -0.831. The second-order valence-electron chi connectivity index (χ2n) is 5.46. The fourth-order valence-electron chi connectivity index (χ4n) is 2.56. The van der Waals surface area contributed by atoms with Crippen molar-refractivity contribution in [3.05, 3.63) is 35.4 Å². The quantitative estimate of drug-likeness (QED) is 0.854. The largest absolute Gasteiger partial charge is 0.480 e. The molecule has 1 aromatic rings. The molecule has 0 bridgehead atoms. The van der Waals surface area contributed by atoms with E-state index in [2.05, 4.69) is 5.32 Å². The molecule has 0 radical (unpaired) electrons. The van der Waals surface area contributed by atoms with Crippen LogP contribution in [0.25, 0.3) is 0 Å². The molecule has 0 aromatic heterocycles. The number of likely N-dealkylation sites (N-methyl/N-ethyl adjacent to an activating group) is 1. The van der Waals surface area contributed by atoms with Gasteiger partial charge in [-0.05, 0) is 26.0 Å². The summed E-state index contributed by atoms with van der Waals surface area (Å²) < 4.78 is 0. The van der Waals surface area contributed by atoms with Crippen LogP contribution in [0.5, 0.6) is 0 Å². The highest BCUT2D eigenvalue weighted by atomic mass is 16.4. The molecule has 0 unspecified atom stereocenters. The lowest BCUT2D eigenvalue weighted by Crippen LogP contribution is -2.37. The number of carboxylic acids is 1. The maximum atomic E-state index is 12.0. The number of carboxylic acid groups (broad SMARTS) is 1. The number of benzene rings is 1. The van der Waals surface area contributed by atoms with Gasteiger partial charge < -0.3 is 10.4 Å². The highest BCUT2D eigenvalue weighted by Gasteiger charge is 2.34. The SMILES string of the molecule is Cc1ccc(CC(=O)N[C@H]2C[C@@H](C(=O)O)N(C)C2)cc1. The number of hydrogen-bond donors (Lipinski definition) is 2. The van der Waals surface area contributed by atoms with E-state index in [9.17, 15) is 9.59 Å². The molecule has 1 amide bonds. The number of hydrogen-bond acceptors (Lipinski definition) is 3. The van der Waals surface area contributed by atoms with Crippen LogP contribution >= 0.6 is 0 Å². The van der Waals surface area contributed by atoms with E-state index in [-0.39, 0.29) is 11.9 Å². The zero-order valence-corrected chi connectivity index (χ0v) is 11.8. The number of likely N-dealkylation sites (tertiary alicyclic amines) is 1. The summed E-state index contributed by atoms with van der Waals surface area (Å²) in [6.45, 7) is 2.58. The number of rotatable bonds is 4. The first-order chi connectivity index (χ1) is 9.45. The topological polar surface area (TPSA) is 69.6 Å². The third-order valence-corrected chi connectivity index (χ3v) is 3.68. The fraction of sp³-hybridized carbons (Fsp3) is 0.467. The molecular formula is C15H20N2O3. The first-order valence-corrected chi connectivity index (χ1v) is 6.73. The third kappa shape index (κ3) is 3.57. The van der Waals surface area contributed by atoms with Crippen molar-refractivity contribution in [2.45, 2.75) is 31.8 Å². The van der Waals surface area contributed by atoms with Crippen molar-refractivity contribution < 1.29 is 14.7 Å². The van der Waals surface area contributed by atoms with Gasteiger partial charge in [-0.25, -0.2) is 0 Å². The van der Waals surface area contributed by atoms with Crippen LogP contribution < -0.4 is 5.32 Å². The van der Waals surface area contributed by atoms with Crippen LogP contribution in [0.1, 0.15) is 17.5 Å². The van der Waals surface area contributed by atoms with Crippen molar-refractivity contribution >= 4 is 11.9 Å². The predicted octanol–water partition coefficient (Wildman–Crippen LogP) is 0.811. The average Bonchev–Trinajstić information content (AvgIpc) is 2.73. The summed E-state index contributed by atoms with van der Waals surface area (Å²) in [6.07, 6.45) is 0.795. The van der Waals surface area contributed by atoms with Gasteiger partial charge in [-0.3, -0.25) is 14.5 Å². The van der Waals surface area contributed by atoms with E-state index in [1.165, 1.54) is 0 Å². The Morgan fingerprint density at radius 3 is 2.55 bits per heavy atom. The lowest BCUT2D eigenvalue weighted by Gasteiger charge is -2.13. The van der Waals surface area contributed by atoms with Crippen LogP contribution in [0.3, 0.4) is 0 Å². The molecule has 2 rings (SSSR count). The monoisotopic (exact) mass is 276 g/mol. The Labute approximate surface area is 118 Å². The Hall–Kier alpha value is -1.88. The lowest BCUT2D eigenvalue weighted by atomic mass is 10.1. The molecule has 1 aliphatic heterocycles. The van der Waals surface area contributed by atoms with Crippen molar-refractivity contribution in [3.63, 3.8) is 0 Å². The molecular weight excluding hydrogens is 256 g/mol. The van der Waals surface area contributed by atoms with Crippen molar-refractivity contribution in [2.24, 2.45) is 0 Å². The molecule has 2 atom stereocenters. The highest BCUT2D eigenvalue weighted by molar-refractivity contribution is 5.79. The van der Waals surface area contributed by atoms with E-state index in [4.69, 9.17) is 5.11 Å². The van der Waals surface area contributed by atoms with Crippen molar-refractivity contribution in [3.8, 4) is 0 Å². The van der Waals surface area contributed by atoms with Gasteiger partial charge in [0, 0.05) is 12.6 Å². The maximum Gasteiger partial charge on any atom is 0.320 e. The van der Waals surface area contributed by atoms with Crippen LogP contribution in [0.2, 0.25) is 0 Å². The zero-order chi connectivity index (χ0) is 14.7. The highest BCUT2D eigenvalue weighted by Crippen LogP contribution is 2.16. The minimum absolute atomic E-state index is 0.0571. The van der Waals surface area contributed by atoms with Gasteiger partial charge in [0.25, 0.3) is 0 Å². The fourth-order valence-corrected chi connectivity index (χ4v) is 2.56.